The second kappa shape index (κ2) is 5.41. The van der Waals surface area contributed by atoms with Gasteiger partial charge in [0.2, 0.25) is 26.8 Å². The molecule has 0 saturated heterocycles. The Balaban J connectivity index is 2.19. The number of rotatable bonds is 4. The van der Waals surface area contributed by atoms with Crippen LogP contribution in [0.4, 0.5) is 5.95 Å². The van der Waals surface area contributed by atoms with Crippen LogP contribution in [-0.4, -0.2) is 29.5 Å². The van der Waals surface area contributed by atoms with Crippen molar-refractivity contribution in [2.24, 2.45) is 0 Å². The molecule has 0 atom stereocenters. The molecular formula is C12H14N4O3S. The zero-order chi connectivity index (χ0) is 14.8. The fourth-order valence-corrected chi connectivity index (χ4v) is 2.75. The first-order valence-electron chi connectivity index (χ1n) is 5.85. The molecule has 2 aromatic rings. The number of carbonyl (C=O) groups excluding carboxylic acids is 1. The highest BCUT2D eigenvalue weighted by Crippen LogP contribution is 2.14. The highest BCUT2D eigenvalue weighted by atomic mass is 32.2. The van der Waals surface area contributed by atoms with Crippen molar-refractivity contribution in [3.05, 3.63) is 35.4 Å². The number of H-pyrrole nitrogens is 1. The van der Waals surface area contributed by atoms with Crippen molar-refractivity contribution in [3.63, 3.8) is 0 Å². The first-order chi connectivity index (χ1) is 9.37. The summed E-state index contributed by atoms with van der Waals surface area (Å²) in [6.07, 6.45) is 0. The molecule has 20 heavy (non-hydrogen) atoms. The summed E-state index contributed by atoms with van der Waals surface area (Å²) in [5.74, 6) is -0.603. The third-order valence-electron chi connectivity index (χ3n) is 2.52. The van der Waals surface area contributed by atoms with Gasteiger partial charge in [0.15, 0.2) is 0 Å². The van der Waals surface area contributed by atoms with Crippen LogP contribution in [-0.2, 0) is 20.4 Å². The van der Waals surface area contributed by atoms with Gasteiger partial charge < -0.3 is 0 Å². The minimum Gasteiger partial charge on any atom is -0.293 e. The summed E-state index contributed by atoms with van der Waals surface area (Å²) >= 11 is 0. The molecule has 7 nitrogen and oxygen atoms in total. The SMILES string of the molecule is CC(=O)Nc1n[nH]c(S(=O)(=O)Cc2ccc(C)cc2)n1. The number of hydrogen-bond acceptors (Lipinski definition) is 5. The van der Waals surface area contributed by atoms with E-state index in [0.29, 0.717) is 5.56 Å². The van der Waals surface area contributed by atoms with E-state index in [2.05, 4.69) is 20.5 Å². The van der Waals surface area contributed by atoms with Gasteiger partial charge >= 0.3 is 0 Å². The molecule has 1 aromatic heterocycles. The van der Waals surface area contributed by atoms with Crippen molar-refractivity contribution in [3.8, 4) is 0 Å². The molecule has 106 valence electrons. The molecule has 1 amide bonds. The smallest absolute Gasteiger partial charge is 0.249 e. The molecule has 0 radical (unpaired) electrons. The first kappa shape index (κ1) is 14.2. The number of nitrogens with zero attached hydrogens (tertiary/aromatic N) is 2. The molecular weight excluding hydrogens is 280 g/mol. The van der Waals surface area contributed by atoms with Crippen LogP contribution in [0.1, 0.15) is 18.1 Å². The van der Waals surface area contributed by atoms with Crippen LogP contribution in [0.2, 0.25) is 0 Å². The molecule has 1 aromatic carbocycles. The van der Waals surface area contributed by atoms with Gasteiger partial charge in [-0.2, -0.15) is 4.98 Å². The number of hydrogen-bond donors (Lipinski definition) is 2. The normalized spacial score (nSPS) is 11.3. The number of anilines is 1. The van der Waals surface area contributed by atoms with E-state index in [0.717, 1.165) is 5.56 Å². The summed E-state index contributed by atoms with van der Waals surface area (Å²) in [5.41, 5.74) is 1.71. The summed E-state index contributed by atoms with van der Waals surface area (Å²) < 4.78 is 24.3. The summed E-state index contributed by atoms with van der Waals surface area (Å²) in [7, 11) is -3.62. The summed E-state index contributed by atoms with van der Waals surface area (Å²) in [4.78, 5) is 14.6. The minimum absolute atomic E-state index is 0.0556. The number of aromatic nitrogens is 3. The summed E-state index contributed by atoms with van der Waals surface area (Å²) in [6, 6.07) is 7.18. The van der Waals surface area contributed by atoms with Gasteiger partial charge in [-0.15, -0.1) is 5.10 Å². The molecule has 2 rings (SSSR count). The fraction of sp³-hybridized carbons (Fsp3) is 0.250. The van der Waals surface area contributed by atoms with Crippen LogP contribution in [0.25, 0.3) is 0 Å². The maximum Gasteiger partial charge on any atom is 0.249 e. The van der Waals surface area contributed by atoms with Gasteiger partial charge in [0.25, 0.3) is 0 Å². The highest BCUT2D eigenvalue weighted by Gasteiger charge is 2.20. The molecule has 0 unspecified atom stereocenters. The Bertz CT molecular complexity index is 719. The van der Waals surface area contributed by atoms with E-state index in [4.69, 9.17) is 0 Å². The Morgan fingerprint density at radius 1 is 1.30 bits per heavy atom. The van der Waals surface area contributed by atoms with E-state index in [1.54, 1.807) is 12.1 Å². The van der Waals surface area contributed by atoms with Crippen LogP contribution in [0, 0.1) is 6.92 Å². The van der Waals surface area contributed by atoms with E-state index in [1.165, 1.54) is 6.92 Å². The lowest BCUT2D eigenvalue weighted by Crippen LogP contribution is -2.09. The van der Waals surface area contributed by atoms with Gasteiger partial charge in [-0.25, -0.2) is 13.5 Å². The summed E-state index contributed by atoms with van der Waals surface area (Å²) in [5, 5.41) is 8.00. The molecule has 2 N–H and O–H groups in total. The van der Waals surface area contributed by atoms with E-state index in [1.807, 2.05) is 19.1 Å². The molecule has 0 fully saturated rings. The molecule has 0 aliphatic carbocycles. The van der Waals surface area contributed by atoms with E-state index in [9.17, 15) is 13.2 Å². The molecule has 0 aliphatic heterocycles. The van der Waals surface area contributed by atoms with Gasteiger partial charge in [0.05, 0.1) is 5.75 Å². The van der Waals surface area contributed by atoms with Gasteiger partial charge in [-0.05, 0) is 12.5 Å². The zero-order valence-corrected chi connectivity index (χ0v) is 11.9. The lowest BCUT2D eigenvalue weighted by atomic mass is 10.2. The number of benzene rings is 1. The van der Waals surface area contributed by atoms with Crippen molar-refractivity contribution < 1.29 is 13.2 Å². The van der Waals surface area contributed by atoms with Crippen LogP contribution in [0.15, 0.2) is 29.4 Å². The minimum atomic E-state index is -3.62. The van der Waals surface area contributed by atoms with Crippen LogP contribution < -0.4 is 5.32 Å². The van der Waals surface area contributed by atoms with Gasteiger partial charge in [0.1, 0.15) is 0 Å². The second-order valence-electron chi connectivity index (χ2n) is 4.39. The van der Waals surface area contributed by atoms with E-state index >= 15 is 0 Å². The van der Waals surface area contributed by atoms with Crippen molar-refractivity contribution in [2.75, 3.05) is 5.32 Å². The molecule has 8 heteroatoms. The van der Waals surface area contributed by atoms with Crippen LogP contribution in [0.5, 0.6) is 0 Å². The number of carbonyl (C=O) groups is 1. The maximum atomic E-state index is 12.1. The molecule has 0 bridgehead atoms. The highest BCUT2D eigenvalue weighted by molar-refractivity contribution is 7.90. The van der Waals surface area contributed by atoms with Crippen LogP contribution in [0.3, 0.4) is 0 Å². The van der Waals surface area contributed by atoms with Gasteiger partial charge in [-0.1, -0.05) is 29.8 Å². The monoisotopic (exact) mass is 294 g/mol. The molecule has 0 saturated carbocycles. The third kappa shape index (κ3) is 3.41. The predicted octanol–water partition coefficient (Wildman–Crippen LogP) is 1.05. The zero-order valence-electron chi connectivity index (χ0n) is 11.0. The number of sulfone groups is 1. The standard InChI is InChI=1S/C12H14N4O3S/c1-8-3-5-10(6-4-8)7-20(18,19)12-14-11(15-16-12)13-9(2)17/h3-6H,7H2,1-2H3,(H2,13,14,15,16,17). The third-order valence-corrected chi connectivity index (χ3v) is 4.01. The Kier molecular flexibility index (Phi) is 3.84. The number of aryl methyl sites for hydroxylation is 1. The Labute approximate surface area is 116 Å². The Morgan fingerprint density at radius 2 is 1.95 bits per heavy atom. The number of amides is 1. The fourth-order valence-electron chi connectivity index (χ4n) is 1.57. The molecule has 0 aliphatic rings. The van der Waals surface area contributed by atoms with E-state index in [-0.39, 0.29) is 22.8 Å². The van der Waals surface area contributed by atoms with Gasteiger partial charge in [-0.3, -0.25) is 10.1 Å². The van der Waals surface area contributed by atoms with E-state index < -0.39 is 9.84 Å². The Morgan fingerprint density at radius 3 is 2.55 bits per heavy atom. The predicted molar refractivity (Wildman–Crippen MR) is 72.8 cm³/mol. The topological polar surface area (TPSA) is 105 Å². The van der Waals surface area contributed by atoms with Crippen molar-refractivity contribution in [1.29, 1.82) is 0 Å². The number of nitrogens with one attached hydrogen (secondary N) is 2. The summed E-state index contributed by atoms with van der Waals surface area (Å²) in [6.45, 7) is 3.21. The lowest BCUT2D eigenvalue weighted by Gasteiger charge is -2.01. The quantitative estimate of drug-likeness (QED) is 0.876. The largest absolute Gasteiger partial charge is 0.293 e. The van der Waals surface area contributed by atoms with Crippen molar-refractivity contribution in [1.82, 2.24) is 15.2 Å². The lowest BCUT2D eigenvalue weighted by molar-refractivity contribution is -0.114. The first-order valence-corrected chi connectivity index (χ1v) is 7.50. The van der Waals surface area contributed by atoms with Crippen LogP contribution >= 0.6 is 0 Å². The average molecular weight is 294 g/mol. The number of aromatic amines is 1. The van der Waals surface area contributed by atoms with Gasteiger partial charge in [0, 0.05) is 6.92 Å². The molecule has 1 heterocycles. The molecule has 0 spiro atoms. The second-order valence-corrected chi connectivity index (χ2v) is 6.29. The van der Waals surface area contributed by atoms with Crippen molar-refractivity contribution in [2.45, 2.75) is 24.8 Å². The van der Waals surface area contributed by atoms with Crippen molar-refractivity contribution >= 4 is 21.7 Å². The average Bonchev–Trinajstić information content (AvgIpc) is 2.80. The Hall–Kier alpha value is -2.22. The maximum absolute atomic E-state index is 12.1.